The molecule has 1 aromatic heterocycles. The minimum atomic E-state index is -6.52. The van der Waals surface area contributed by atoms with Gasteiger partial charge in [-0.1, -0.05) is 18.7 Å². The van der Waals surface area contributed by atoms with E-state index in [0.29, 0.717) is 19.0 Å². The summed E-state index contributed by atoms with van der Waals surface area (Å²) in [6.07, 6.45) is -3.91. The number of hydrogen-bond donors (Lipinski definition) is 0. The van der Waals surface area contributed by atoms with Gasteiger partial charge in [0.2, 0.25) is 0 Å². The number of ether oxygens (including phenoxy) is 2. The monoisotopic (exact) mass is 620 g/mol. The van der Waals surface area contributed by atoms with Gasteiger partial charge < -0.3 is 9.47 Å². The van der Waals surface area contributed by atoms with Crippen molar-refractivity contribution in [3.8, 4) is 17.2 Å². The third kappa shape index (κ3) is 8.81. The molecular weight excluding hydrogens is 598 g/mol. The van der Waals surface area contributed by atoms with Crippen LogP contribution in [-0.2, 0) is 9.84 Å². The maximum Gasteiger partial charge on any atom is 0.460 e. The average molecular weight is 621 g/mol. The highest BCUT2D eigenvalue weighted by molar-refractivity contribution is 8.00. The van der Waals surface area contributed by atoms with Crippen LogP contribution in [0.3, 0.4) is 0 Å². The predicted molar refractivity (Wildman–Crippen MR) is 121 cm³/mol. The molecule has 0 N–H and O–H groups in total. The van der Waals surface area contributed by atoms with Gasteiger partial charge in [-0.25, -0.2) is 13.1 Å². The van der Waals surface area contributed by atoms with Crippen molar-refractivity contribution >= 4 is 21.6 Å². The Morgan fingerprint density at radius 3 is 2.18 bits per heavy atom. The van der Waals surface area contributed by atoms with Crippen molar-refractivity contribution in [1.82, 2.24) is 9.78 Å². The molecule has 1 heterocycles. The van der Waals surface area contributed by atoms with Crippen molar-refractivity contribution in [2.45, 2.75) is 54.6 Å². The first-order valence-electron chi connectivity index (χ1n) is 11.0. The SMILES string of the molecule is CCS(=O)(=O)c1cc(OCCCCCSC(F)(F)F)ccc1-n1cc(OCC(F)(F)C(F)(F)C(F)(F)F)cn1. The van der Waals surface area contributed by atoms with Crippen LogP contribution >= 0.6 is 11.8 Å². The van der Waals surface area contributed by atoms with Crippen molar-refractivity contribution in [2.75, 3.05) is 24.7 Å². The summed E-state index contributed by atoms with van der Waals surface area (Å²) in [6.45, 7) is -0.947. The van der Waals surface area contributed by atoms with Crippen molar-refractivity contribution in [1.29, 1.82) is 0 Å². The number of halogens is 10. The maximum absolute atomic E-state index is 13.5. The molecule has 0 aliphatic heterocycles. The molecule has 0 spiro atoms. The molecule has 0 unspecified atom stereocenters. The van der Waals surface area contributed by atoms with E-state index in [1.54, 1.807) is 0 Å². The fraction of sp³-hybridized carbons (Fsp3) is 0.571. The number of rotatable bonds is 14. The van der Waals surface area contributed by atoms with Crippen LogP contribution in [-0.4, -0.2) is 66.4 Å². The van der Waals surface area contributed by atoms with Crippen LogP contribution in [0.25, 0.3) is 5.69 Å². The second kappa shape index (κ2) is 12.4. The number of unbranched alkanes of at least 4 members (excludes halogenated alkanes) is 2. The molecule has 0 aliphatic carbocycles. The van der Waals surface area contributed by atoms with E-state index in [0.717, 1.165) is 16.9 Å². The number of sulfone groups is 1. The van der Waals surface area contributed by atoms with Crippen LogP contribution in [0.1, 0.15) is 26.2 Å². The largest absolute Gasteiger partial charge is 0.494 e. The molecule has 6 nitrogen and oxygen atoms in total. The fourth-order valence-corrected chi connectivity index (χ4v) is 4.59. The Morgan fingerprint density at radius 1 is 0.923 bits per heavy atom. The molecule has 222 valence electrons. The van der Waals surface area contributed by atoms with E-state index in [-0.39, 0.29) is 52.6 Å². The Balaban J connectivity index is 2.12. The lowest BCUT2D eigenvalue weighted by molar-refractivity contribution is -0.358. The molecule has 18 heteroatoms. The van der Waals surface area contributed by atoms with Crippen molar-refractivity contribution in [2.24, 2.45) is 0 Å². The summed E-state index contributed by atoms with van der Waals surface area (Å²) in [4.78, 5) is -0.326. The molecule has 2 rings (SSSR count). The normalized spacial score (nSPS) is 13.5. The number of hydrogen-bond acceptors (Lipinski definition) is 6. The first-order valence-corrected chi connectivity index (χ1v) is 13.6. The van der Waals surface area contributed by atoms with Crippen LogP contribution in [0.2, 0.25) is 0 Å². The first-order chi connectivity index (χ1) is 17.8. The molecule has 0 saturated carbocycles. The van der Waals surface area contributed by atoms with Gasteiger partial charge in [-0.15, -0.1) is 0 Å². The lowest BCUT2D eigenvalue weighted by Gasteiger charge is -2.27. The summed E-state index contributed by atoms with van der Waals surface area (Å²) in [5.74, 6) is -13.0. The van der Waals surface area contributed by atoms with E-state index in [4.69, 9.17) is 4.74 Å². The van der Waals surface area contributed by atoms with E-state index < -0.39 is 45.7 Å². The lowest BCUT2D eigenvalue weighted by Crippen LogP contribution is -2.54. The topological polar surface area (TPSA) is 70.4 Å². The van der Waals surface area contributed by atoms with Crippen molar-refractivity contribution < 1.29 is 61.8 Å². The number of nitrogens with zero attached hydrogens (tertiary/aromatic N) is 2. The molecule has 0 aliphatic rings. The minimum Gasteiger partial charge on any atom is -0.494 e. The Hall–Kier alpha value is -2.37. The van der Waals surface area contributed by atoms with Crippen LogP contribution in [0.15, 0.2) is 35.5 Å². The van der Waals surface area contributed by atoms with Gasteiger partial charge >= 0.3 is 23.5 Å². The summed E-state index contributed by atoms with van der Waals surface area (Å²) in [5, 5.41) is 3.71. The van der Waals surface area contributed by atoms with Gasteiger partial charge in [0.25, 0.3) is 0 Å². The molecule has 0 bridgehead atoms. The van der Waals surface area contributed by atoms with Gasteiger partial charge in [-0.3, -0.25) is 0 Å². The van der Waals surface area contributed by atoms with Crippen LogP contribution in [0, 0.1) is 0 Å². The Labute approximate surface area is 220 Å². The molecular formula is C21H22F10N2O4S2. The second-order valence-electron chi connectivity index (χ2n) is 7.92. The molecule has 39 heavy (non-hydrogen) atoms. The zero-order valence-electron chi connectivity index (χ0n) is 20.0. The van der Waals surface area contributed by atoms with Crippen LogP contribution in [0.5, 0.6) is 11.5 Å². The third-order valence-electron chi connectivity index (χ3n) is 5.01. The Kier molecular flexibility index (Phi) is 10.5. The average Bonchev–Trinajstić information content (AvgIpc) is 3.29. The molecule has 0 radical (unpaired) electrons. The molecule has 0 amide bonds. The highest BCUT2D eigenvalue weighted by Crippen LogP contribution is 2.46. The number of aromatic nitrogens is 2. The van der Waals surface area contributed by atoms with E-state index >= 15 is 0 Å². The molecule has 0 atom stereocenters. The number of benzene rings is 1. The quantitative estimate of drug-likeness (QED) is 0.173. The minimum absolute atomic E-state index is 0.0676. The van der Waals surface area contributed by atoms with E-state index in [1.807, 2.05) is 0 Å². The highest BCUT2D eigenvalue weighted by Gasteiger charge is 2.73. The van der Waals surface area contributed by atoms with Crippen molar-refractivity contribution in [3.63, 3.8) is 0 Å². The van der Waals surface area contributed by atoms with Crippen molar-refractivity contribution in [3.05, 3.63) is 30.6 Å². The summed E-state index contributed by atoms with van der Waals surface area (Å²) in [6, 6.07) is 3.68. The standard InChI is InChI=1S/C21H22F10N2O4S2/c1-2-39(34,35)17-10-14(36-8-4-3-5-9-38-21(29,30)31)6-7-16(17)33-12-15(11-32-33)37-13-18(22,23)19(24,25)20(26,27)28/h6-7,10-12H,2-5,8-9,13H2,1H3. The second-order valence-corrected chi connectivity index (χ2v) is 11.3. The Morgan fingerprint density at radius 2 is 1.59 bits per heavy atom. The van der Waals surface area contributed by atoms with Crippen LogP contribution in [0.4, 0.5) is 43.9 Å². The van der Waals surface area contributed by atoms with Gasteiger partial charge in [0.15, 0.2) is 22.2 Å². The van der Waals surface area contributed by atoms with E-state index in [1.165, 1.54) is 19.1 Å². The summed E-state index contributed by atoms with van der Waals surface area (Å²) < 4.78 is 162. The van der Waals surface area contributed by atoms with Gasteiger partial charge in [0.1, 0.15) is 5.75 Å². The van der Waals surface area contributed by atoms with E-state index in [2.05, 4.69) is 9.84 Å². The number of alkyl halides is 10. The summed E-state index contributed by atoms with van der Waals surface area (Å²) in [5.41, 5.74) is -4.44. The van der Waals surface area contributed by atoms with Gasteiger partial charge in [-0.05, 0) is 31.4 Å². The summed E-state index contributed by atoms with van der Waals surface area (Å²) in [7, 11) is -3.95. The van der Waals surface area contributed by atoms with Gasteiger partial charge in [0.05, 0.1) is 35.3 Å². The van der Waals surface area contributed by atoms with E-state index in [9.17, 15) is 52.3 Å². The fourth-order valence-electron chi connectivity index (χ4n) is 2.92. The highest BCUT2D eigenvalue weighted by atomic mass is 32.2. The number of thioether (sulfide) groups is 1. The smallest absolute Gasteiger partial charge is 0.460 e. The predicted octanol–water partition coefficient (Wildman–Crippen LogP) is 6.68. The molecule has 1 aromatic carbocycles. The molecule has 0 saturated heterocycles. The van der Waals surface area contributed by atoms with Crippen LogP contribution < -0.4 is 9.47 Å². The van der Waals surface area contributed by atoms with Gasteiger partial charge in [-0.2, -0.15) is 49.0 Å². The Bertz CT molecular complexity index is 1200. The lowest BCUT2D eigenvalue weighted by atomic mass is 10.2. The zero-order valence-corrected chi connectivity index (χ0v) is 21.6. The first kappa shape index (κ1) is 32.8. The maximum atomic E-state index is 13.5. The van der Waals surface area contributed by atoms with Gasteiger partial charge in [0, 0.05) is 11.8 Å². The molecule has 2 aromatic rings. The third-order valence-corrected chi connectivity index (χ3v) is 7.59. The summed E-state index contributed by atoms with van der Waals surface area (Å²) >= 11 is -0.138. The zero-order chi connectivity index (χ0) is 29.7. The molecule has 0 fully saturated rings.